The van der Waals surface area contributed by atoms with E-state index in [1.54, 1.807) is 0 Å². The van der Waals surface area contributed by atoms with E-state index in [0.717, 1.165) is 55.1 Å². The molecule has 2 bridgehead atoms. The SMILES string of the molecule is CN1CC2CC1CN2c1ccc(Nc2ncc(C(F)(F)F)c(NCCCNC(=O)C3CCC3)n2)c(Br)c1. The Morgan fingerprint density at radius 3 is 2.62 bits per heavy atom. The fraction of sp³-hybridized carbons (Fsp3) is 0.560. The minimum Gasteiger partial charge on any atom is -0.369 e. The molecule has 3 aliphatic rings. The highest BCUT2D eigenvalue weighted by atomic mass is 79.9. The zero-order valence-electron chi connectivity index (χ0n) is 20.6. The summed E-state index contributed by atoms with van der Waals surface area (Å²) in [5.41, 5.74) is 0.841. The largest absolute Gasteiger partial charge is 0.421 e. The fourth-order valence-corrected chi connectivity index (χ4v) is 5.66. The summed E-state index contributed by atoms with van der Waals surface area (Å²) in [6, 6.07) is 6.99. The minimum absolute atomic E-state index is 0.0249. The van der Waals surface area contributed by atoms with Crippen molar-refractivity contribution in [3.8, 4) is 0 Å². The molecule has 0 radical (unpaired) electrons. The van der Waals surface area contributed by atoms with E-state index in [0.29, 0.717) is 30.7 Å². The number of hydrogen-bond donors (Lipinski definition) is 3. The van der Waals surface area contributed by atoms with Gasteiger partial charge in [-0.2, -0.15) is 18.2 Å². The molecule has 1 aromatic carbocycles. The molecule has 37 heavy (non-hydrogen) atoms. The molecule has 2 saturated heterocycles. The van der Waals surface area contributed by atoms with E-state index in [9.17, 15) is 18.0 Å². The monoisotopic (exact) mass is 581 g/mol. The summed E-state index contributed by atoms with van der Waals surface area (Å²) in [4.78, 5) is 24.7. The van der Waals surface area contributed by atoms with E-state index < -0.39 is 11.7 Å². The van der Waals surface area contributed by atoms with Crippen LogP contribution in [0.2, 0.25) is 0 Å². The van der Waals surface area contributed by atoms with Gasteiger partial charge in [0, 0.05) is 60.5 Å². The maximum absolute atomic E-state index is 13.6. The number of carbonyl (C=O) groups is 1. The highest BCUT2D eigenvalue weighted by Crippen LogP contribution is 2.38. The van der Waals surface area contributed by atoms with Crippen molar-refractivity contribution < 1.29 is 18.0 Å². The Morgan fingerprint density at radius 2 is 2.00 bits per heavy atom. The normalized spacial score (nSPS) is 21.7. The van der Waals surface area contributed by atoms with E-state index >= 15 is 0 Å². The number of rotatable bonds is 9. The predicted octanol–water partition coefficient (Wildman–Crippen LogP) is 4.61. The molecule has 2 aromatic rings. The molecular weight excluding hydrogens is 551 g/mol. The molecule has 3 fully saturated rings. The predicted molar refractivity (Wildman–Crippen MR) is 140 cm³/mol. The number of benzene rings is 1. The van der Waals surface area contributed by atoms with Crippen molar-refractivity contribution in [1.82, 2.24) is 20.2 Å². The zero-order chi connectivity index (χ0) is 26.2. The van der Waals surface area contributed by atoms with Gasteiger partial charge in [-0.25, -0.2) is 4.98 Å². The summed E-state index contributed by atoms with van der Waals surface area (Å²) in [6.07, 6.45) is 0.721. The summed E-state index contributed by atoms with van der Waals surface area (Å²) >= 11 is 3.59. The molecule has 5 rings (SSSR count). The number of fused-ring (bicyclic) bond motifs is 2. The molecule has 1 aliphatic carbocycles. The third-order valence-corrected chi connectivity index (χ3v) is 8.22. The molecule has 2 aliphatic heterocycles. The van der Waals surface area contributed by atoms with Crippen molar-refractivity contribution in [2.24, 2.45) is 5.92 Å². The number of anilines is 4. The van der Waals surface area contributed by atoms with Gasteiger partial charge in [-0.3, -0.25) is 9.69 Å². The lowest BCUT2D eigenvalue weighted by Gasteiger charge is -2.33. The fourth-order valence-electron chi connectivity index (χ4n) is 5.19. The lowest BCUT2D eigenvalue weighted by molar-refractivity contribution is -0.137. The van der Waals surface area contributed by atoms with Crippen LogP contribution in [-0.2, 0) is 11.0 Å². The third-order valence-electron chi connectivity index (χ3n) is 7.56. The van der Waals surface area contributed by atoms with Gasteiger partial charge < -0.3 is 20.9 Å². The van der Waals surface area contributed by atoms with Gasteiger partial charge in [-0.1, -0.05) is 6.42 Å². The van der Waals surface area contributed by atoms with E-state index in [4.69, 9.17) is 0 Å². The van der Waals surface area contributed by atoms with Gasteiger partial charge in [0.1, 0.15) is 11.4 Å². The molecule has 2 unspecified atom stereocenters. The number of halogens is 4. The van der Waals surface area contributed by atoms with E-state index in [-0.39, 0.29) is 30.1 Å². The van der Waals surface area contributed by atoms with Gasteiger partial charge >= 0.3 is 6.18 Å². The van der Waals surface area contributed by atoms with Crippen molar-refractivity contribution in [2.75, 3.05) is 48.8 Å². The second-order valence-electron chi connectivity index (χ2n) is 10.1. The van der Waals surface area contributed by atoms with Gasteiger partial charge in [0.2, 0.25) is 11.9 Å². The van der Waals surface area contributed by atoms with Crippen LogP contribution in [0.25, 0.3) is 0 Å². The Hall–Kier alpha value is -2.60. The molecule has 2 atom stereocenters. The molecular formula is C25H31BrF3N7O. The maximum atomic E-state index is 13.6. The second-order valence-corrected chi connectivity index (χ2v) is 10.9. The highest BCUT2D eigenvalue weighted by Gasteiger charge is 2.41. The van der Waals surface area contributed by atoms with Crippen LogP contribution in [0.1, 0.15) is 37.7 Å². The van der Waals surface area contributed by atoms with Crippen molar-refractivity contribution in [1.29, 1.82) is 0 Å². The summed E-state index contributed by atoms with van der Waals surface area (Å²) < 4.78 is 41.4. The number of aromatic nitrogens is 2. The smallest absolute Gasteiger partial charge is 0.369 e. The Kier molecular flexibility index (Phi) is 7.49. The molecule has 1 aromatic heterocycles. The number of nitrogens with one attached hydrogen (secondary N) is 3. The number of likely N-dealkylation sites (tertiary alicyclic amines) is 1. The van der Waals surface area contributed by atoms with Gasteiger partial charge in [-0.05, 0) is 66.9 Å². The first-order valence-electron chi connectivity index (χ1n) is 12.7. The summed E-state index contributed by atoms with van der Waals surface area (Å²) in [5.74, 6) is -0.123. The van der Waals surface area contributed by atoms with E-state index in [1.807, 2.05) is 18.2 Å². The lowest BCUT2D eigenvalue weighted by atomic mass is 9.85. The number of alkyl halides is 3. The third kappa shape index (κ3) is 5.79. The molecule has 3 heterocycles. The number of likely N-dealkylation sites (N-methyl/N-ethyl adjacent to an activating group) is 1. The van der Waals surface area contributed by atoms with Crippen LogP contribution in [0.4, 0.5) is 36.3 Å². The Morgan fingerprint density at radius 1 is 1.19 bits per heavy atom. The average Bonchev–Trinajstić information content (AvgIpc) is 3.38. The van der Waals surface area contributed by atoms with Crippen molar-refractivity contribution >= 4 is 45.0 Å². The lowest BCUT2D eigenvalue weighted by Crippen LogP contribution is -2.44. The minimum atomic E-state index is -4.59. The molecule has 12 heteroatoms. The molecule has 1 amide bonds. The Balaban J connectivity index is 1.22. The van der Waals surface area contributed by atoms with E-state index in [1.165, 1.54) is 0 Å². The first-order chi connectivity index (χ1) is 17.7. The highest BCUT2D eigenvalue weighted by molar-refractivity contribution is 9.10. The Labute approximate surface area is 222 Å². The first-order valence-corrected chi connectivity index (χ1v) is 13.5. The molecule has 1 saturated carbocycles. The zero-order valence-corrected chi connectivity index (χ0v) is 22.2. The van der Waals surface area contributed by atoms with Crippen molar-refractivity contribution in [3.05, 3.63) is 34.4 Å². The number of nitrogens with zero attached hydrogens (tertiary/aromatic N) is 4. The van der Waals surface area contributed by atoms with Gasteiger partial charge in [0.15, 0.2) is 0 Å². The van der Waals surface area contributed by atoms with Crippen LogP contribution in [0, 0.1) is 5.92 Å². The van der Waals surface area contributed by atoms with Crippen LogP contribution in [0.3, 0.4) is 0 Å². The number of carbonyl (C=O) groups excluding carboxylic acids is 1. The van der Waals surface area contributed by atoms with Crippen LogP contribution < -0.4 is 20.9 Å². The van der Waals surface area contributed by atoms with Gasteiger partial charge in [0.25, 0.3) is 0 Å². The summed E-state index contributed by atoms with van der Waals surface area (Å²) in [7, 11) is 2.16. The van der Waals surface area contributed by atoms with Gasteiger partial charge in [0.05, 0.1) is 5.69 Å². The van der Waals surface area contributed by atoms with Crippen LogP contribution >= 0.6 is 15.9 Å². The van der Waals surface area contributed by atoms with Crippen LogP contribution in [0.5, 0.6) is 0 Å². The maximum Gasteiger partial charge on any atom is 0.421 e. The number of amides is 1. The standard InChI is InChI=1S/C25H31BrF3N7O/c1-35-13-18-10-17(35)14-36(18)16-6-7-21(20(26)11-16)33-24-32-12-19(25(27,28)29)22(34-24)30-8-3-9-31-23(37)15-4-2-5-15/h6-7,11-12,15,17-18H,2-5,8-10,13-14H2,1H3,(H,31,37)(H2,30,32,33,34). The molecule has 8 nitrogen and oxygen atoms in total. The Bertz CT molecular complexity index is 1140. The summed E-state index contributed by atoms with van der Waals surface area (Å²) in [5, 5.41) is 8.65. The summed E-state index contributed by atoms with van der Waals surface area (Å²) in [6.45, 7) is 2.66. The van der Waals surface area contributed by atoms with Crippen LogP contribution in [-0.4, -0.2) is 66.1 Å². The van der Waals surface area contributed by atoms with Crippen molar-refractivity contribution in [2.45, 2.75) is 50.4 Å². The quantitative estimate of drug-likeness (QED) is 0.373. The number of piperazine rings is 1. The first kappa shape index (κ1) is 26.0. The van der Waals surface area contributed by atoms with Crippen molar-refractivity contribution in [3.63, 3.8) is 0 Å². The van der Waals surface area contributed by atoms with Crippen LogP contribution in [0.15, 0.2) is 28.9 Å². The van der Waals surface area contributed by atoms with E-state index in [2.05, 4.69) is 58.7 Å². The topological polar surface area (TPSA) is 85.4 Å². The van der Waals surface area contributed by atoms with Gasteiger partial charge in [-0.15, -0.1) is 0 Å². The second kappa shape index (κ2) is 10.6. The molecule has 0 spiro atoms. The molecule has 200 valence electrons. The molecule has 3 N–H and O–H groups in total. The number of hydrogen-bond acceptors (Lipinski definition) is 7. The average molecular weight is 582 g/mol.